The number of benzene rings is 2. The molecule has 0 aliphatic rings. The lowest BCUT2D eigenvalue weighted by Gasteiger charge is -2.08. The summed E-state index contributed by atoms with van der Waals surface area (Å²) in [6, 6.07) is 9.95. The molecule has 0 bridgehead atoms. The van der Waals surface area contributed by atoms with Crippen LogP contribution in [-0.2, 0) is 16.6 Å². The van der Waals surface area contributed by atoms with Crippen molar-refractivity contribution in [3.05, 3.63) is 63.9 Å². The monoisotopic (exact) mass is 385 g/mol. The molecule has 0 radical (unpaired) electrons. The third kappa shape index (κ3) is 4.00. The van der Waals surface area contributed by atoms with Crippen molar-refractivity contribution in [3.63, 3.8) is 0 Å². The van der Waals surface area contributed by atoms with E-state index in [1.54, 1.807) is 0 Å². The molecule has 0 saturated carbocycles. The fourth-order valence-corrected chi connectivity index (χ4v) is 3.22. The summed E-state index contributed by atoms with van der Waals surface area (Å²) in [6.45, 7) is 1.45. The second kappa shape index (κ2) is 6.68. The predicted octanol–water partition coefficient (Wildman–Crippen LogP) is 3.27. The summed E-state index contributed by atoms with van der Waals surface area (Å²) in [5.41, 5.74) is 1.07. The van der Waals surface area contributed by atoms with E-state index >= 15 is 0 Å². The van der Waals surface area contributed by atoms with Crippen molar-refractivity contribution in [2.24, 2.45) is 0 Å². The van der Waals surface area contributed by atoms with E-state index in [4.69, 9.17) is 0 Å². The Hall–Kier alpha value is -1.57. The summed E-state index contributed by atoms with van der Waals surface area (Å²) in [5.74, 6) is -0.542. The number of ketones is 1. The van der Waals surface area contributed by atoms with Crippen LogP contribution in [0.1, 0.15) is 22.8 Å². The predicted molar refractivity (Wildman–Crippen MR) is 84.6 cm³/mol. The summed E-state index contributed by atoms with van der Waals surface area (Å²) < 4.78 is 40.1. The van der Waals surface area contributed by atoms with Gasteiger partial charge in [-0.1, -0.05) is 18.2 Å². The topological polar surface area (TPSA) is 63.2 Å². The molecule has 0 heterocycles. The Balaban J connectivity index is 2.13. The van der Waals surface area contributed by atoms with Gasteiger partial charge in [-0.2, -0.15) is 0 Å². The normalized spacial score (nSPS) is 11.4. The maximum Gasteiger partial charge on any atom is 0.240 e. The molecule has 0 fully saturated rings. The van der Waals surface area contributed by atoms with Gasteiger partial charge in [0.05, 0.1) is 9.37 Å². The zero-order chi connectivity index (χ0) is 16.3. The van der Waals surface area contributed by atoms with Crippen LogP contribution in [-0.4, -0.2) is 14.2 Å². The molecule has 0 atom stereocenters. The van der Waals surface area contributed by atoms with Crippen molar-refractivity contribution in [2.75, 3.05) is 0 Å². The minimum absolute atomic E-state index is 0.0374. The Morgan fingerprint density at radius 3 is 2.36 bits per heavy atom. The Labute approximate surface area is 136 Å². The molecule has 0 amide bonds. The molecule has 116 valence electrons. The molecule has 0 aliphatic heterocycles. The number of carbonyl (C=O) groups is 1. The summed E-state index contributed by atoms with van der Waals surface area (Å²) >= 11 is 3.05. The number of nitrogens with one attached hydrogen (secondary N) is 1. The van der Waals surface area contributed by atoms with Crippen LogP contribution in [0.25, 0.3) is 0 Å². The van der Waals surface area contributed by atoms with Crippen LogP contribution in [0.15, 0.2) is 51.8 Å². The van der Waals surface area contributed by atoms with Gasteiger partial charge in [0.15, 0.2) is 5.78 Å². The lowest BCUT2D eigenvalue weighted by molar-refractivity contribution is 0.101. The molecule has 0 aliphatic carbocycles. The van der Waals surface area contributed by atoms with Gasteiger partial charge in [0.1, 0.15) is 5.82 Å². The molecule has 7 heteroatoms. The van der Waals surface area contributed by atoms with Gasteiger partial charge < -0.3 is 0 Å². The molecular formula is C15H13BrFNO3S. The third-order valence-corrected chi connectivity index (χ3v) is 5.05. The Morgan fingerprint density at radius 2 is 1.82 bits per heavy atom. The standard InChI is InChI=1S/C15H13BrFNO3S/c1-10(19)12-3-5-13(6-4-12)22(20,21)18-9-11-2-7-15(17)14(16)8-11/h2-8,18H,9H2,1H3. The fourth-order valence-electron chi connectivity index (χ4n) is 1.78. The Bertz CT molecular complexity index is 804. The molecule has 22 heavy (non-hydrogen) atoms. The second-order valence-corrected chi connectivity index (χ2v) is 7.27. The lowest BCUT2D eigenvalue weighted by atomic mass is 10.2. The second-order valence-electron chi connectivity index (χ2n) is 4.65. The van der Waals surface area contributed by atoms with Gasteiger partial charge in [-0.05, 0) is 52.7 Å². The van der Waals surface area contributed by atoms with Crippen molar-refractivity contribution < 1.29 is 17.6 Å². The van der Waals surface area contributed by atoms with Crippen molar-refractivity contribution in [1.29, 1.82) is 0 Å². The summed E-state index contributed by atoms with van der Waals surface area (Å²) in [4.78, 5) is 11.2. The Kier molecular flexibility index (Phi) is 5.10. The van der Waals surface area contributed by atoms with Crippen molar-refractivity contribution in [1.82, 2.24) is 4.72 Å². The SMILES string of the molecule is CC(=O)c1ccc(S(=O)(=O)NCc2ccc(F)c(Br)c2)cc1. The number of halogens is 2. The molecule has 0 saturated heterocycles. The van der Waals surface area contributed by atoms with Crippen LogP contribution in [0.4, 0.5) is 4.39 Å². The van der Waals surface area contributed by atoms with Gasteiger partial charge in [0, 0.05) is 12.1 Å². The minimum Gasteiger partial charge on any atom is -0.295 e. The minimum atomic E-state index is -3.69. The van der Waals surface area contributed by atoms with Crippen LogP contribution < -0.4 is 4.72 Å². The van der Waals surface area contributed by atoms with Crippen LogP contribution in [0.3, 0.4) is 0 Å². The summed E-state index contributed by atoms with van der Waals surface area (Å²) in [6.07, 6.45) is 0. The van der Waals surface area contributed by atoms with Crippen LogP contribution in [0, 0.1) is 5.82 Å². The lowest BCUT2D eigenvalue weighted by Crippen LogP contribution is -2.23. The van der Waals surface area contributed by atoms with Gasteiger partial charge in [0.25, 0.3) is 0 Å². The number of carbonyl (C=O) groups excluding carboxylic acids is 1. The summed E-state index contributed by atoms with van der Waals surface area (Å²) in [7, 11) is -3.69. The van der Waals surface area contributed by atoms with Gasteiger partial charge >= 0.3 is 0 Å². The molecule has 1 N–H and O–H groups in total. The molecule has 0 aromatic heterocycles. The van der Waals surface area contributed by atoms with Crippen LogP contribution in [0.2, 0.25) is 0 Å². The van der Waals surface area contributed by atoms with E-state index in [9.17, 15) is 17.6 Å². The third-order valence-electron chi connectivity index (χ3n) is 3.02. The average Bonchev–Trinajstić information content (AvgIpc) is 2.48. The van der Waals surface area contributed by atoms with Crippen molar-refractivity contribution >= 4 is 31.7 Å². The van der Waals surface area contributed by atoms with E-state index in [2.05, 4.69) is 20.7 Å². The van der Waals surface area contributed by atoms with E-state index in [1.165, 1.54) is 49.4 Å². The van der Waals surface area contributed by atoms with Crippen molar-refractivity contribution in [3.8, 4) is 0 Å². The maximum absolute atomic E-state index is 13.1. The van der Waals surface area contributed by atoms with E-state index < -0.39 is 15.8 Å². The molecule has 2 aromatic carbocycles. The van der Waals surface area contributed by atoms with E-state index in [1.807, 2.05) is 0 Å². The average molecular weight is 386 g/mol. The molecule has 0 spiro atoms. The zero-order valence-electron chi connectivity index (χ0n) is 11.6. The van der Waals surface area contributed by atoms with Gasteiger partial charge in [-0.15, -0.1) is 0 Å². The highest BCUT2D eigenvalue weighted by Gasteiger charge is 2.14. The first kappa shape index (κ1) is 16.8. The van der Waals surface area contributed by atoms with Crippen LogP contribution >= 0.6 is 15.9 Å². The fraction of sp³-hybridized carbons (Fsp3) is 0.133. The maximum atomic E-state index is 13.1. The highest BCUT2D eigenvalue weighted by Crippen LogP contribution is 2.17. The smallest absolute Gasteiger partial charge is 0.240 e. The van der Waals surface area contributed by atoms with Gasteiger partial charge in [-0.3, -0.25) is 4.79 Å². The van der Waals surface area contributed by atoms with E-state index in [0.29, 0.717) is 11.1 Å². The van der Waals surface area contributed by atoms with Gasteiger partial charge in [0.2, 0.25) is 10.0 Å². The van der Waals surface area contributed by atoms with E-state index in [-0.39, 0.29) is 21.7 Å². The molecule has 2 aromatic rings. The van der Waals surface area contributed by atoms with Gasteiger partial charge in [-0.25, -0.2) is 17.5 Å². The van der Waals surface area contributed by atoms with E-state index in [0.717, 1.165) is 0 Å². The quantitative estimate of drug-likeness (QED) is 0.803. The zero-order valence-corrected chi connectivity index (χ0v) is 14.0. The van der Waals surface area contributed by atoms with Crippen LogP contribution in [0.5, 0.6) is 0 Å². The number of Topliss-reactive ketones (excluding diaryl/α,β-unsaturated/α-hetero) is 1. The molecule has 2 rings (SSSR count). The summed E-state index contributed by atoms with van der Waals surface area (Å²) in [5, 5.41) is 0. The number of sulfonamides is 1. The molecule has 0 unspecified atom stereocenters. The highest BCUT2D eigenvalue weighted by atomic mass is 79.9. The number of hydrogen-bond donors (Lipinski definition) is 1. The van der Waals surface area contributed by atoms with Crippen molar-refractivity contribution in [2.45, 2.75) is 18.4 Å². The first-order valence-electron chi connectivity index (χ1n) is 6.34. The Morgan fingerprint density at radius 1 is 1.18 bits per heavy atom. The largest absolute Gasteiger partial charge is 0.295 e. The first-order valence-corrected chi connectivity index (χ1v) is 8.62. The number of hydrogen-bond acceptors (Lipinski definition) is 3. The highest BCUT2D eigenvalue weighted by molar-refractivity contribution is 9.10. The molecule has 4 nitrogen and oxygen atoms in total. The first-order chi connectivity index (χ1) is 10.3. The molecular weight excluding hydrogens is 373 g/mol. The number of rotatable bonds is 5.